The number of benzene rings is 2. The lowest BCUT2D eigenvalue weighted by Gasteiger charge is -2.42. The number of hydrogen-bond acceptors (Lipinski definition) is 6. The fourth-order valence-electron chi connectivity index (χ4n) is 4.49. The van der Waals surface area contributed by atoms with E-state index in [1.807, 2.05) is 17.0 Å². The average Bonchev–Trinajstić information content (AvgIpc) is 3.09. The Labute approximate surface area is 191 Å². The number of hydrogen-bond donors (Lipinski definition) is 2. The number of methoxy groups -OCH3 is 1. The molecule has 2 fully saturated rings. The molecule has 0 bridgehead atoms. The number of nitrogens with zero attached hydrogens (tertiary/aromatic N) is 2. The summed E-state index contributed by atoms with van der Waals surface area (Å²) in [4.78, 5) is 41.2. The molecule has 0 radical (unpaired) electrons. The summed E-state index contributed by atoms with van der Waals surface area (Å²) in [7, 11) is 1.58. The van der Waals surface area contributed by atoms with Crippen molar-refractivity contribution in [2.45, 2.75) is 37.4 Å². The van der Waals surface area contributed by atoms with Crippen molar-refractivity contribution in [3.8, 4) is 5.75 Å². The SMILES string of the molecule is COc1ccc(CN2C(=O)C[C@@H](N3CCC(Nc4ccc(F)cc4)(C(N)=O)CC3)C2=O)cc1. The minimum Gasteiger partial charge on any atom is -0.497 e. The minimum absolute atomic E-state index is 0.115. The topological polar surface area (TPSA) is 105 Å². The standard InChI is InChI=1S/C24H27FN4O4/c1-33-19-8-2-16(3-9-19)15-29-21(30)14-20(22(29)31)28-12-10-24(11-13-28,23(26)32)27-18-6-4-17(25)5-7-18/h2-9,20,27H,10-15H2,1H3,(H2,26,32)/t20-/m1/s1. The van der Waals surface area contributed by atoms with Crippen molar-refractivity contribution in [1.82, 2.24) is 9.80 Å². The third kappa shape index (κ3) is 4.68. The summed E-state index contributed by atoms with van der Waals surface area (Å²) < 4.78 is 18.4. The highest BCUT2D eigenvalue weighted by Crippen LogP contribution is 2.31. The van der Waals surface area contributed by atoms with Crippen LogP contribution in [-0.2, 0) is 20.9 Å². The lowest BCUT2D eigenvalue weighted by Crippen LogP contribution is -2.59. The summed E-state index contributed by atoms with van der Waals surface area (Å²) in [6.07, 6.45) is 0.857. The van der Waals surface area contributed by atoms with Crippen molar-refractivity contribution >= 4 is 23.4 Å². The van der Waals surface area contributed by atoms with E-state index in [0.29, 0.717) is 37.4 Å². The molecule has 9 heteroatoms. The predicted molar refractivity (Wildman–Crippen MR) is 120 cm³/mol. The lowest BCUT2D eigenvalue weighted by atomic mass is 9.85. The van der Waals surface area contributed by atoms with E-state index in [4.69, 9.17) is 10.5 Å². The van der Waals surface area contributed by atoms with Crippen LogP contribution in [0, 0.1) is 5.82 Å². The van der Waals surface area contributed by atoms with Crippen LogP contribution in [0.25, 0.3) is 0 Å². The number of halogens is 1. The van der Waals surface area contributed by atoms with Crippen LogP contribution in [-0.4, -0.2) is 59.3 Å². The maximum atomic E-state index is 13.2. The number of ether oxygens (including phenoxy) is 1. The molecule has 1 atom stereocenters. The molecule has 33 heavy (non-hydrogen) atoms. The lowest BCUT2D eigenvalue weighted by molar-refractivity contribution is -0.140. The van der Waals surface area contributed by atoms with Gasteiger partial charge in [0.1, 0.15) is 17.1 Å². The molecule has 0 spiro atoms. The second-order valence-corrected chi connectivity index (χ2v) is 8.50. The number of imide groups is 1. The number of carbonyl (C=O) groups excluding carboxylic acids is 3. The number of amides is 3. The van der Waals surface area contributed by atoms with Gasteiger partial charge in [0, 0.05) is 18.8 Å². The van der Waals surface area contributed by atoms with E-state index < -0.39 is 17.5 Å². The Morgan fingerprint density at radius 3 is 2.33 bits per heavy atom. The number of piperidine rings is 1. The Morgan fingerprint density at radius 1 is 1.12 bits per heavy atom. The first kappa shape index (κ1) is 22.7. The second kappa shape index (κ2) is 9.19. The molecule has 0 saturated carbocycles. The molecule has 2 heterocycles. The molecule has 4 rings (SSSR count). The summed E-state index contributed by atoms with van der Waals surface area (Å²) in [5.41, 5.74) is 6.17. The third-order valence-electron chi connectivity index (χ3n) is 6.51. The molecular formula is C24H27FN4O4. The third-order valence-corrected chi connectivity index (χ3v) is 6.51. The van der Waals surface area contributed by atoms with Crippen molar-refractivity contribution in [3.63, 3.8) is 0 Å². The molecular weight excluding hydrogens is 427 g/mol. The number of likely N-dealkylation sites (tertiary alicyclic amines) is 2. The van der Waals surface area contributed by atoms with Crippen LogP contribution in [0.1, 0.15) is 24.8 Å². The van der Waals surface area contributed by atoms with Crippen LogP contribution < -0.4 is 15.8 Å². The van der Waals surface area contributed by atoms with Crippen LogP contribution >= 0.6 is 0 Å². The van der Waals surface area contributed by atoms with Gasteiger partial charge in [-0.15, -0.1) is 0 Å². The normalized spacial score (nSPS) is 20.7. The Balaban J connectivity index is 1.41. The summed E-state index contributed by atoms with van der Waals surface area (Å²) in [5.74, 6) is -0.601. The molecule has 0 unspecified atom stereocenters. The van der Waals surface area contributed by atoms with Crippen LogP contribution in [0.3, 0.4) is 0 Å². The highest BCUT2D eigenvalue weighted by Gasteiger charge is 2.46. The molecule has 3 N–H and O–H groups in total. The minimum atomic E-state index is -0.997. The molecule has 3 amide bonds. The largest absolute Gasteiger partial charge is 0.497 e. The molecule has 2 saturated heterocycles. The first-order chi connectivity index (χ1) is 15.8. The summed E-state index contributed by atoms with van der Waals surface area (Å²) in [5, 5.41) is 3.16. The van der Waals surface area contributed by atoms with E-state index in [1.54, 1.807) is 31.4 Å². The Kier molecular flexibility index (Phi) is 6.33. The van der Waals surface area contributed by atoms with Crippen molar-refractivity contribution in [2.24, 2.45) is 5.73 Å². The molecule has 2 aromatic carbocycles. The zero-order chi connectivity index (χ0) is 23.6. The summed E-state index contributed by atoms with van der Waals surface area (Å²) >= 11 is 0. The van der Waals surface area contributed by atoms with Crippen molar-refractivity contribution in [2.75, 3.05) is 25.5 Å². The summed E-state index contributed by atoms with van der Waals surface area (Å²) in [6, 6.07) is 12.4. The smallest absolute Gasteiger partial charge is 0.247 e. The summed E-state index contributed by atoms with van der Waals surface area (Å²) in [6.45, 7) is 1.07. The monoisotopic (exact) mass is 454 g/mol. The number of carbonyl (C=O) groups is 3. The van der Waals surface area contributed by atoms with Gasteiger partial charge < -0.3 is 15.8 Å². The van der Waals surface area contributed by atoms with Crippen LogP contribution in [0.2, 0.25) is 0 Å². The van der Waals surface area contributed by atoms with Gasteiger partial charge in [0.05, 0.1) is 26.1 Å². The number of nitrogens with one attached hydrogen (secondary N) is 1. The van der Waals surface area contributed by atoms with Crippen molar-refractivity contribution < 1.29 is 23.5 Å². The van der Waals surface area contributed by atoms with Gasteiger partial charge in [-0.3, -0.25) is 24.2 Å². The van der Waals surface area contributed by atoms with Gasteiger partial charge in [-0.05, 0) is 54.8 Å². The van der Waals surface area contributed by atoms with E-state index in [9.17, 15) is 18.8 Å². The second-order valence-electron chi connectivity index (χ2n) is 8.50. The molecule has 2 aromatic rings. The fourth-order valence-corrected chi connectivity index (χ4v) is 4.49. The quantitative estimate of drug-likeness (QED) is 0.619. The van der Waals surface area contributed by atoms with Crippen molar-refractivity contribution in [1.29, 1.82) is 0 Å². The van der Waals surface area contributed by atoms with E-state index in [0.717, 1.165) is 5.56 Å². The highest BCUT2D eigenvalue weighted by molar-refractivity contribution is 6.05. The van der Waals surface area contributed by atoms with Gasteiger partial charge >= 0.3 is 0 Å². The zero-order valence-corrected chi connectivity index (χ0v) is 18.4. The van der Waals surface area contributed by atoms with Gasteiger partial charge in [0.25, 0.3) is 0 Å². The van der Waals surface area contributed by atoms with E-state index in [2.05, 4.69) is 5.32 Å². The molecule has 0 aliphatic carbocycles. The van der Waals surface area contributed by atoms with Gasteiger partial charge in [0.2, 0.25) is 17.7 Å². The Bertz CT molecular complexity index is 1030. The van der Waals surface area contributed by atoms with Gasteiger partial charge in [0.15, 0.2) is 0 Å². The zero-order valence-electron chi connectivity index (χ0n) is 18.4. The number of rotatable bonds is 7. The highest BCUT2D eigenvalue weighted by atomic mass is 19.1. The molecule has 0 aromatic heterocycles. The molecule has 2 aliphatic heterocycles. The predicted octanol–water partition coefficient (Wildman–Crippen LogP) is 1.89. The van der Waals surface area contributed by atoms with Gasteiger partial charge in [-0.2, -0.15) is 0 Å². The molecule has 174 valence electrons. The Hall–Kier alpha value is -3.46. The van der Waals surface area contributed by atoms with Crippen LogP contribution in [0.5, 0.6) is 5.75 Å². The first-order valence-electron chi connectivity index (χ1n) is 10.9. The molecule has 2 aliphatic rings. The maximum absolute atomic E-state index is 13.2. The number of primary amides is 1. The maximum Gasteiger partial charge on any atom is 0.247 e. The van der Waals surface area contributed by atoms with Gasteiger partial charge in [-0.25, -0.2) is 4.39 Å². The van der Waals surface area contributed by atoms with E-state index in [-0.39, 0.29) is 30.6 Å². The van der Waals surface area contributed by atoms with Crippen LogP contribution in [0.4, 0.5) is 10.1 Å². The first-order valence-corrected chi connectivity index (χ1v) is 10.9. The van der Waals surface area contributed by atoms with E-state index >= 15 is 0 Å². The average molecular weight is 455 g/mol. The number of anilines is 1. The van der Waals surface area contributed by atoms with E-state index in [1.165, 1.54) is 17.0 Å². The number of nitrogens with two attached hydrogens (primary N) is 1. The van der Waals surface area contributed by atoms with Gasteiger partial charge in [-0.1, -0.05) is 12.1 Å². The fraction of sp³-hybridized carbons (Fsp3) is 0.375. The molecule has 8 nitrogen and oxygen atoms in total. The Morgan fingerprint density at radius 2 is 1.76 bits per heavy atom. The van der Waals surface area contributed by atoms with Crippen molar-refractivity contribution in [3.05, 3.63) is 59.9 Å². The van der Waals surface area contributed by atoms with Crippen LogP contribution in [0.15, 0.2) is 48.5 Å².